The fourth-order valence-corrected chi connectivity index (χ4v) is 2.10. The molecule has 0 aliphatic heterocycles. The maximum absolute atomic E-state index is 10.9. The van der Waals surface area contributed by atoms with Gasteiger partial charge >= 0.3 is 5.97 Å². The average molecular weight is 242 g/mol. The molecule has 90 valence electrons. The van der Waals surface area contributed by atoms with Crippen molar-refractivity contribution < 1.29 is 9.90 Å². The van der Waals surface area contributed by atoms with Gasteiger partial charge in [0.05, 0.1) is 5.41 Å². The molecule has 0 saturated carbocycles. The molecule has 0 saturated heterocycles. The van der Waals surface area contributed by atoms with Gasteiger partial charge in [-0.3, -0.25) is 4.79 Å². The first-order valence-electron chi connectivity index (χ1n) is 5.38. The highest BCUT2D eigenvalue weighted by molar-refractivity contribution is 7.99. The molecule has 0 aliphatic rings. The molecule has 16 heavy (non-hydrogen) atoms. The van der Waals surface area contributed by atoms with Crippen LogP contribution in [0.5, 0.6) is 0 Å². The van der Waals surface area contributed by atoms with Crippen molar-refractivity contribution in [3.8, 4) is 0 Å². The van der Waals surface area contributed by atoms with Crippen LogP contribution >= 0.6 is 11.8 Å². The standard InChI is InChI=1S/C11H18N2O2S/c1-11(2,9(14)15)5-3-4-8-16-10-12-6-7-13-10/h6-7H,3-5,8H2,1-2H3,(H,12,13)(H,14,15). The Morgan fingerprint density at radius 1 is 1.56 bits per heavy atom. The lowest BCUT2D eigenvalue weighted by Crippen LogP contribution is -2.23. The molecule has 1 heterocycles. The van der Waals surface area contributed by atoms with Gasteiger partial charge in [-0.05, 0) is 26.7 Å². The van der Waals surface area contributed by atoms with E-state index in [1.54, 1.807) is 38.0 Å². The summed E-state index contributed by atoms with van der Waals surface area (Å²) >= 11 is 1.67. The van der Waals surface area contributed by atoms with Crippen molar-refractivity contribution in [3.05, 3.63) is 12.4 Å². The fraction of sp³-hybridized carbons (Fsp3) is 0.636. The molecule has 0 amide bonds. The Bertz CT molecular complexity index is 323. The van der Waals surface area contributed by atoms with Gasteiger partial charge in [-0.15, -0.1) is 0 Å². The second kappa shape index (κ2) is 5.94. The van der Waals surface area contributed by atoms with Crippen molar-refractivity contribution in [3.63, 3.8) is 0 Å². The van der Waals surface area contributed by atoms with Crippen LogP contribution in [0, 0.1) is 5.41 Å². The predicted octanol–water partition coefficient (Wildman–Crippen LogP) is 2.78. The Balaban J connectivity index is 2.10. The minimum atomic E-state index is -0.716. The van der Waals surface area contributed by atoms with Crippen molar-refractivity contribution in [1.29, 1.82) is 0 Å². The quantitative estimate of drug-likeness (QED) is 0.570. The first-order valence-corrected chi connectivity index (χ1v) is 6.36. The minimum Gasteiger partial charge on any atom is -0.481 e. The minimum absolute atomic E-state index is 0.602. The van der Waals surface area contributed by atoms with Crippen LogP contribution in [0.15, 0.2) is 17.6 Å². The highest BCUT2D eigenvalue weighted by Gasteiger charge is 2.25. The molecule has 1 aromatic rings. The van der Waals surface area contributed by atoms with Gasteiger partial charge in [0.1, 0.15) is 0 Å². The van der Waals surface area contributed by atoms with E-state index in [1.165, 1.54) is 0 Å². The molecule has 0 unspecified atom stereocenters. The van der Waals surface area contributed by atoms with Gasteiger partial charge in [0.2, 0.25) is 0 Å². The third-order valence-corrected chi connectivity index (χ3v) is 3.48. The summed E-state index contributed by atoms with van der Waals surface area (Å²) in [6.07, 6.45) is 6.21. The van der Waals surface area contributed by atoms with Crippen LogP contribution in [0.25, 0.3) is 0 Å². The van der Waals surface area contributed by atoms with E-state index in [0.717, 1.165) is 30.2 Å². The molecular weight excluding hydrogens is 224 g/mol. The lowest BCUT2D eigenvalue weighted by Gasteiger charge is -2.18. The van der Waals surface area contributed by atoms with Crippen molar-refractivity contribution >= 4 is 17.7 Å². The van der Waals surface area contributed by atoms with Crippen LogP contribution in [0.3, 0.4) is 0 Å². The van der Waals surface area contributed by atoms with E-state index >= 15 is 0 Å². The Kier molecular flexibility index (Phi) is 4.86. The molecule has 1 rings (SSSR count). The molecule has 0 aromatic carbocycles. The topological polar surface area (TPSA) is 66.0 Å². The summed E-state index contributed by atoms with van der Waals surface area (Å²) in [4.78, 5) is 18.0. The van der Waals surface area contributed by atoms with E-state index in [4.69, 9.17) is 5.11 Å². The van der Waals surface area contributed by atoms with Crippen molar-refractivity contribution in [2.75, 3.05) is 5.75 Å². The van der Waals surface area contributed by atoms with E-state index in [2.05, 4.69) is 9.97 Å². The zero-order valence-electron chi connectivity index (χ0n) is 9.69. The number of thioether (sulfide) groups is 1. The van der Waals surface area contributed by atoms with E-state index in [-0.39, 0.29) is 0 Å². The molecule has 0 spiro atoms. The normalized spacial score (nSPS) is 11.6. The van der Waals surface area contributed by atoms with Crippen molar-refractivity contribution in [2.45, 2.75) is 38.3 Å². The number of aromatic nitrogens is 2. The number of hydrogen-bond donors (Lipinski definition) is 2. The summed E-state index contributed by atoms with van der Waals surface area (Å²) in [5.41, 5.74) is -0.602. The fourth-order valence-electron chi connectivity index (χ4n) is 1.27. The summed E-state index contributed by atoms with van der Waals surface area (Å²) in [7, 11) is 0. The first kappa shape index (κ1) is 13.1. The monoisotopic (exact) mass is 242 g/mol. The Morgan fingerprint density at radius 2 is 2.31 bits per heavy atom. The zero-order valence-corrected chi connectivity index (χ0v) is 10.5. The smallest absolute Gasteiger partial charge is 0.309 e. The number of nitrogens with one attached hydrogen (secondary N) is 1. The summed E-state index contributed by atoms with van der Waals surface area (Å²) in [6, 6.07) is 0. The van der Waals surface area contributed by atoms with E-state index in [1.807, 2.05) is 0 Å². The maximum Gasteiger partial charge on any atom is 0.309 e. The van der Waals surface area contributed by atoms with E-state index in [0.29, 0.717) is 0 Å². The largest absolute Gasteiger partial charge is 0.481 e. The Hall–Kier alpha value is -0.970. The van der Waals surface area contributed by atoms with Crippen LogP contribution in [0.2, 0.25) is 0 Å². The first-order chi connectivity index (χ1) is 7.52. The number of nitrogens with zero attached hydrogens (tertiary/aromatic N) is 1. The SMILES string of the molecule is CC(C)(CCCCSc1ncc[nH]1)C(=O)O. The van der Waals surface area contributed by atoms with E-state index < -0.39 is 11.4 Å². The van der Waals surface area contributed by atoms with Gasteiger partial charge in [0, 0.05) is 18.1 Å². The van der Waals surface area contributed by atoms with Gasteiger partial charge in [-0.1, -0.05) is 18.2 Å². The van der Waals surface area contributed by atoms with Crippen LogP contribution in [0.1, 0.15) is 33.1 Å². The maximum atomic E-state index is 10.9. The van der Waals surface area contributed by atoms with E-state index in [9.17, 15) is 4.79 Å². The Labute approximate surface area is 99.9 Å². The number of unbranched alkanes of at least 4 members (excludes halogenated alkanes) is 1. The molecule has 0 radical (unpaired) electrons. The van der Waals surface area contributed by atoms with Crippen LogP contribution < -0.4 is 0 Å². The number of aromatic amines is 1. The third kappa shape index (κ3) is 4.26. The zero-order chi connectivity index (χ0) is 12.0. The van der Waals surface area contributed by atoms with Crippen molar-refractivity contribution in [1.82, 2.24) is 9.97 Å². The number of carboxylic acids is 1. The molecule has 1 aromatic heterocycles. The number of hydrogen-bond acceptors (Lipinski definition) is 3. The second-order valence-corrected chi connectivity index (χ2v) is 5.47. The highest BCUT2D eigenvalue weighted by Crippen LogP contribution is 2.24. The lowest BCUT2D eigenvalue weighted by molar-refractivity contribution is -0.147. The number of carboxylic acid groups (broad SMARTS) is 1. The molecule has 2 N–H and O–H groups in total. The number of carbonyl (C=O) groups is 1. The van der Waals surface area contributed by atoms with Gasteiger partial charge < -0.3 is 10.1 Å². The molecule has 0 fully saturated rings. The molecular formula is C11H18N2O2S. The van der Waals surface area contributed by atoms with Gasteiger partial charge in [0.15, 0.2) is 5.16 Å². The second-order valence-electron chi connectivity index (χ2n) is 4.39. The lowest BCUT2D eigenvalue weighted by atomic mass is 9.88. The number of rotatable bonds is 7. The van der Waals surface area contributed by atoms with Crippen LogP contribution in [-0.4, -0.2) is 26.8 Å². The van der Waals surface area contributed by atoms with Gasteiger partial charge in [0.25, 0.3) is 0 Å². The molecule has 5 heteroatoms. The number of H-pyrrole nitrogens is 1. The van der Waals surface area contributed by atoms with Crippen molar-refractivity contribution in [2.24, 2.45) is 5.41 Å². The predicted molar refractivity (Wildman–Crippen MR) is 64.6 cm³/mol. The number of imidazole rings is 1. The summed E-state index contributed by atoms with van der Waals surface area (Å²) in [5, 5.41) is 9.86. The van der Waals surface area contributed by atoms with Crippen LogP contribution in [0.4, 0.5) is 0 Å². The van der Waals surface area contributed by atoms with Gasteiger partial charge in [-0.25, -0.2) is 4.98 Å². The average Bonchev–Trinajstić information content (AvgIpc) is 2.69. The molecule has 0 atom stereocenters. The summed E-state index contributed by atoms with van der Waals surface area (Å²) in [6.45, 7) is 3.55. The molecule has 4 nitrogen and oxygen atoms in total. The van der Waals surface area contributed by atoms with Crippen LogP contribution in [-0.2, 0) is 4.79 Å². The Morgan fingerprint density at radius 3 is 2.88 bits per heavy atom. The third-order valence-electron chi connectivity index (χ3n) is 2.49. The molecule has 0 bridgehead atoms. The number of aliphatic carboxylic acids is 1. The van der Waals surface area contributed by atoms with Gasteiger partial charge in [-0.2, -0.15) is 0 Å². The molecule has 0 aliphatic carbocycles. The summed E-state index contributed by atoms with van der Waals surface area (Å²) in [5.74, 6) is 0.259. The highest BCUT2D eigenvalue weighted by atomic mass is 32.2. The summed E-state index contributed by atoms with van der Waals surface area (Å²) < 4.78 is 0.